The van der Waals surface area contributed by atoms with Crippen molar-refractivity contribution in [3.63, 3.8) is 0 Å². The van der Waals surface area contributed by atoms with Crippen LogP contribution in [0.1, 0.15) is 26.7 Å². The number of nitrogens with one attached hydrogen (secondary N) is 1. The van der Waals surface area contributed by atoms with E-state index in [1.165, 1.54) is 0 Å². The van der Waals surface area contributed by atoms with Gasteiger partial charge in [-0.15, -0.1) is 0 Å². The highest BCUT2D eigenvalue weighted by Crippen LogP contribution is 2.43. The van der Waals surface area contributed by atoms with Crippen molar-refractivity contribution in [2.45, 2.75) is 26.7 Å². The lowest BCUT2D eigenvalue weighted by atomic mass is 9.90. The summed E-state index contributed by atoms with van der Waals surface area (Å²) in [7, 11) is 0. The van der Waals surface area contributed by atoms with Crippen LogP contribution in [0.25, 0.3) is 0 Å². The lowest BCUT2D eigenvalue weighted by Gasteiger charge is -2.23. The van der Waals surface area contributed by atoms with Gasteiger partial charge in [0.25, 0.3) is 0 Å². The van der Waals surface area contributed by atoms with E-state index in [-0.39, 0.29) is 18.4 Å². The summed E-state index contributed by atoms with van der Waals surface area (Å²) in [5.41, 5.74) is -0.900. The zero-order valence-corrected chi connectivity index (χ0v) is 10.3. The molecule has 17 heavy (non-hydrogen) atoms. The Hall–Kier alpha value is -1.32. The standard InChI is InChI=1S/C13H19NO3/c1-13(2,12(16)17)7-14-11(15)10-6-8-3-4-9(10)5-8/h3-4,8-10H,5-7H2,1-2H3,(H,14,15)(H,16,17). The van der Waals surface area contributed by atoms with Crippen molar-refractivity contribution in [3.8, 4) is 0 Å². The molecule has 2 bridgehead atoms. The average Bonchev–Trinajstić information content (AvgIpc) is 2.87. The summed E-state index contributed by atoms with van der Waals surface area (Å²) >= 11 is 0. The second-order valence-electron chi connectivity index (χ2n) is 5.79. The quantitative estimate of drug-likeness (QED) is 0.727. The Morgan fingerprint density at radius 3 is 2.53 bits per heavy atom. The third-order valence-corrected chi connectivity index (χ3v) is 3.90. The van der Waals surface area contributed by atoms with E-state index in [2.05, 4.69) is 17.5 Å². The minimum atomic E-state index is -0.900. The molecule has 2 aliphatic rings. The van der Waals surface area contributed by atoms with E-state index in [1.807, 2.05) is 0 Å². The summed E-state index contributed by atoms with van der Waals surface area (Å²) in [6.45, 7) is 3.44. The fraction of sp³-hybridized carbons (Fsp3) is 0.692. The van der Waals surface area contributed by atoms with Gasteiger partial charge in [-0.3, -0.25) is 9.59 Å². The maximum atomic E-state index is 12.0. The zero-order valence-electron chi connectivity index (χ0n) is 10.3. The lowest BCUT2D eigenvalue weighted by molar-refractivity contribution is -0.146. The summed E-state index contributed by atoms with van der Waals surface area (Å²) in [4.78, 5) is 22.9. The first-order valence-electron chi connectivity index (χ1n) is 6.09. The molecule has 94 valence electrons. The predicted molar refractivity (Wildman–Crippen MR) is 63.3 cm³/mol. The van der Waals surface area contributed by atoms with Crippen LogP contribution in [0, 0.1) is 23.2 Å². The number of hydrogen-bond acceptors (Lipinski definition) is 2. The normalized spacial score (nSPS) is 30.6. The van der Waals surface area contributed by atoms with Crippen LogP contribution in [0.4, 0.5) is 0 Å². The molecule has 3 atom stereocenters. The molecule has 2 rings (SSSR count). The van der Waals surface area contributed by atoms with Crippen molar-refractivity contribution < 1.29 is 14.7 Å². The molecule has 0 spiro atoms. The fourth-order valence-corrected chi connectivity index (χ4v) is 2.60. The molecule has 0 saturated heterocycles. The number of carbonyl (C=O) groups is 2. The molecule has 0 aromatic heterocycles. The summed E-state index contributed by atoms with van der Waals surface area (Å²) in [6, 6.07) is 0. The molecule has 0 heterocycles. The fourth-order valence-electron chi connectivity index (χ4n) is 2.60. The third kappa shape index (κ3) is 2.35. The van der Waals surface area contributed by atoms with E-state index in [4.69, 9.17) is 5.11 Å². The highest BCUT2D eigenvalue weighted by molar-refractivity contribution is 5.81. The molecule has 4 nitrogen and oxygen atoms in total. The summed E-state index contributed by atoms with van der Waals surface area (Å²) in [5, 5.41) is 11.7. The van der Waals surface area contributed by atoms with Crippen LogP contribution >= 0.6 is 0 Å². The number of aliphatic carboxylic acids is 1. The van der Waals surface area contributed by atoms with Crippen molar-refractivity contribution in [2.75, 3.05) is 6.54 Å². The highest BCUT2D eigenvalue weighted by atomic mass is 16.4. The number of fused-ring (bicyclic) bond motifs is 2. The first-order valence-corrected chi connectivity index (χ1v) is 6.09. The molecule has 1 saturated carbocycles. The van der Waals surface area contributed by atoms with Gasteiger partial charge in [0.05, 0.1) is 5.41 Å². The van der Waals surface area contributed by atoms with E-state index < -0.39 is 11.4 Å². The maximum Gasteiger partial charge on any atom is 0.310 e. The van der Waals surface area contributed by atoms with Crippen molar-refractivity contribution in [1.82, 2.24) is 5.32 Å². The molecule has 0 aliphatic heterocycles. The van der Waals surface area contributed by atoms with Gasteiger partial charge in [-0.1, -0.05) is 12.2 Å². The number of amides is 1. The van der Waals surface area contributed by atoms with Crippen molar-refractivity contribution in [3.05, 3.63) is 12.2 Å². The van der Waals surface area contributed by atoms with Gasteiger partial charge in [0.2, 0.25) is 5.91 Å². The van der Waals surface area contributed by atoms with Crippen LogP contribution in [-0.2, 0) is 9.59 Å². The summed E-state index contributed by atoms with van der Waals surface area (Å²) in [6.07, 6.45) is 6.32. The van der Waals surface area contributed by atoms with Crippen molar-refractivity contribution >= 4 is 11.9 Å². The Bertz CT molecular complexity index is 373. The molecule has 2 N–H and O–H groups in total. The summed E-state index contributed by atoms with van der Waals surface area (Å²) in [5.74, 6) is 0.104. The number of carboxylic acid groups (broad SMARTS) is 1. The molecule has 0 aromatic rings. The van der Waals surface area contributed by atoms with Crippen LogP contribution in [0.2, 0.25) is 0 Å². The van der Waals surface area contributed by atoms with Crippen LogP contribution in [0.5, 0.6) is 0 Å². The minimum absolute atomic E-state index is 0.0103. The maximum absolute atomic E-state index is 12.0. The van der Waals surface area contributed by atoms with Gasteiger partial charge in [0.15, 0.2) is 0 Å². The van der Waals surface area contributed by atoms with Gasteiger partial charge in [-0.05, 0) is 38.5 Å². The van der Waals surface area contributed by atoms with E-state index in [1.54, 1.807) is 13.8 Å². The van der Waals surface area contributed by atoms with Crippen LogP contribution in [0.15, 0.2) is 12.2 Å². The van der Waals surface area contributed by atoms with E-state index in [0.717, 1.165) is 12.8 Å². The molecular formula is C13H19NO3. The number of carboxylic acids is 1. The number of rotatable bonds is 4. The third-order valence-electron chi connectivity index (χ3n) is 3.90. The van der Waals surface area contributed by atoms with Crippen LogP contribution in [0.3, 0.4) is 0 Å². The van der Waals surface area contributed by atoms with Gasteiger partial charge in [0, 0.05) is 12.5 Å². The number of carbonyl (C=O) groups excluding carboxylic acids is 1. The second-order valence-corrected chi connectivity index (χ2v) is 5.79. The van der Waals surface area contributed by atoms with Crippen molar-refractivity contribution in [2.24, 2.45) is 23.2 Å². The smallest absolute Gasteiger partial charge is 0.310 e. The van der Waals surface area contributed by atoms with E-state index >= 15 is 0 Å². The minimum Gasteiger partial charge on any atom is -0.481 e. The lowest BCUT2D eigenvalue weighted by Crippen LogP contribution is -2.42. The molecule has 0 radical (unpaired) electrons. The molecule has 4 heteroatoms. The Balaban J connectivity index is 1.86. The van der Waals surface area contributed by atoms with Gasteiger partial charge in [-0.2, -0.15) is 0 Å². The summed E-state index contributed by atoms with van der Waals surface area (Å²) < 4.78 is 0. The van der Waals surface area contributed by atoms with E-state index in [9.17, 15) is 9.59 Å². The first kappa shape index (κ1) is 12.1. The molecule has 3 unspecified atom stereocenters. The average molecular weight is 237 g/mol. The highest BCUT2D eigenvalue weighted by Gasteiger charge is 2.40. The zero-order chi connectivity index (χ0) is 12.6. The monoisotopic (exact) mass is 237 g/mol. The Morgan fingerprint density at radius 2 is 2.06 bits per heavy atom. The Morgan fingerprint density at radius 1 is 1.35 bits per heavy atom. The topological polar surface area (TPSA) is 66.4 Å². The van der Waals surface area contributed by atoms with Crippen LogP contribution in [-0.4, -0.2) is 23.5 Å². The first-order chi connectivity index (χ1) is 7.90. The number of allylic oxidation sites excluding steroid dienone is 2. The largest absolute Gasteiger partial charge is 0.481 e. The Kier molecular flexibility index (Phi) is 2.98. The molecular weight excluding hydrogens is 218 g/mol. The molecule has 1 amide bonds. The molecule has 2 aliphatic carbocycles. The van der Waals surface area contributed by atoms with Gasteiger partial charge in [0.1, 0.15) is 0 Å². The number of hydrogen-bond donors (Lipinski definition) is 2. The van der Waals surface area contributed by atoms with Gasteiger partial charge >= 0.3 is 5.97 Å². The van der Waals surface area contributed by atoms with Crippen molar-refractivity contribution in [1.29, 1.82) is 0 Å². The molecule has 1 fully saturated rings. The van der Waals surface area contributed by atoms with Gasteiger partial charge < -0.3 is 10.4 Å². The SMILES string of the molecule is CC(C)(CNC(=O)C1CC2C=CC1C2)C(=O)O. The second kappa shape index (κ2) is 4.17. The molecule has 0 aromatic carbocycles. The van der Waals surface area contributed by atoms with Crippen LogP contribution < -0.4 is 5.32 Å². The van der Waals surface area contributed by atoms with Gasteiger partial charge in [-0.25, -0.2) is 0 Å². The van der Waals surface area contributed by atoms with E-state index in [0.29, 0.717) is 11.8 Å². The Labute approximate surface area is 101 Å². The predicted octanol–water partition coefficient (Wildman–Crippen LogP) is 1.43.